The van der Waals surface area contributed by atoms with Crippen molar-refractivity contribution in [2.45, 2.75) is 43.5 Å². The molecule has 3 amide bonds. The highest BCUT2D eigenvalue weighted by Gasteiger charge is 2.56. The Hall–Kier alpha value is -5.20. The zero-order valence-electron chi connectivity index (χ0n) is 28.3. The fraction of sp³-hybridized carbons (Fsp3) is 0.256. The van der Waals surface area contributed by atoms with Gasteiger partial charge in [-0.2, -0.15) is 0 Å². The normalized spacial score (nSPS) is 18.0. The lowest BCUT2D eigenvalue weighted by atomic mass is 9.83. The van der Waals surface area contributed by atoms with Gasteiger partial charge in [0.15, 0.2) is 0 Å². The topological polar surface area (TPSA) is 118 Å². The summed E-state index contributed by atoms with van der Waals surface area (Å²) in [4.78, 5) is 71.6. The third-order valence-electron chi connectivity index (χ3n) is 9.40. The van der Waals surface area contributed by atoms with Gasteiger partial charge >= 0.3 is 10.8 Å². The fourth-order valence-corrected chi connectivity index (χ4v) is 9.70. The number of rotatable bonds is 10. The number of fused-ring (bicyclic) bond motifs is 3. The number of hydrogen-bond donors (Lipinski definition) is 1. The minimum atomic E-state index is -0.842. The van der Waals surface area contributed by atoms with Gasteiger partial charge in [0.05, 0.1) is 28.8 Å². The molecule has 2 aliphatic rings. The first-order valence-electron chi connectivity index (χ1n) is 16.9. The standard InChI is InChI=1S/C39H36N4O6S2/c1-4-41(5-2)28-17-12-24(13-18-28)31-32-33(36(46)43(35(32)45)29-19-14-25(15-20-29)38(47)49-6-3)50-37-34(31)51-39(48)42(37)22-30(44)40-27-16-11-23-9-7-8-10-26(23)21-27/h7-21,31-33H,4-6,22H2,1-3H3,(H,40,44). The second kappa shape index (κ2) is 14.2. The lowest BCUT2D eigenvalue weighted by Gasteiger charge is -2.31. The molecule has 3 unspecified atom stereocenters. The number of amides is 3. The van der Waals surface area contributed by atoms with E-state index in [0.29, 0.717) is 26.8 Å². The average molecular weight is 721 g/mol. The zero-order chi connectivity index (χ0) is 35.8. The van der Waals surface area contributed by atoms with Crippen LogP contribution in [0.5, 0.6) is 0 Å². The van der Waals surface area contributed by atoms with Crippen LogP contribution in [-0.2, 0) is 25.7 Å². The van der Waals surface area contributed by atoms with Crippen LogP contribution in [0.1, 0.15) is 47.5 Å². The maximum Gasteiger partial charge on any atom is 0.338 e. The molecule has 0 saturated carbocycles. The molecular formula is C39H36N4O6S2. The van der Waals surface area contributed by atoms with E-state index in [4.69, 9.17) is 4.74 Å². The summed E-state index contributed by atoms with van der Waals surface area (Å²) < 4.78 is 6.51. The van der Waals surface area contributed by atoms with Crippen LogP contribution >= 0.6 is 23.1 Å². The highest BCUT2D eigenvalue weighted by molar-refractivity contribution is 8.00. The third kappa shape index (κ3) is 6.34. The Kier molecular flexibility index (Phi) is 9.54. The van der Waals surface area contributed by atoms with E-state index in [1.807, 2.05) is 66.7 Å². The fourth-order valence-electron chi connectivity index (χ4n) is 6.92. The molecule has 1 saturated heterocycles. The van der Waals surface area contributed by atoms with Crippen molar-refractivity contribution in [1.29, 1.82) is 0 Å². The van der Waals surface area contributed by atoms with Gasteiger partial charge in [-0.1, -0.05) is 65.6 Å². The van der Waals surface area contributed by atoms with Crippen LogP contribution in [-0.4, -0.2) is 53.2 Å². The van der Waals surface area contributed by atoms with Gasteiger partial charge in [-0.05, 0) is 85.6 Å². The van der Waals surface area contributed by atoms with Gasteiger partial charge in [-0.3, -0.25) is 23.7 Å². The molecule has 1 aromatic heterocycles. The van der Waals surface area contributed by atoms with Crippen molar-refractivity contribution in [2.24, 2.45) is 5.92 Å². The van der Waals surface area contributed by atoms with E-state index in [0.717, 1.165) is 58.2 Å². The number of thiazole rings is 1. The van der Waals surface area contributed by atoms with Gasteiger partial charge in [-0.15, -0.1) is 0 Å². The molecule has 260 valence electrons. The molecule has 51 heavy (non-hydrogen) atoms. The SMILES string of the molecule is CCOC(=O)c1ccc(N2C(=O)C3Sc4c(sc(=O)n4CC(=O)Nc4ccc5ccccc5c4)C(c4ccc(N(CC)CC)cc4)C3C2=O)cc1. The molecular weight excluding hydrogens is 685 g/mol. The van der Waals surface area contributed by atoms with Crippen LogP contribution in [0.4, 0.5) is 17.1 Å². The number of nitrogens with one attached hydrogen (secondary N) is 1. The number of anilines is 3. The van der Waals surface area contributed by atoms with Crippen LogP contribution in [0.3, 0.4) is 0 Å². The van der Waals surface area contributed by atoms with E-state index < -0.39 is 29.0 Å². The van der Waals surface area contributed by atoms with Crippen LogP contribution in [0.25, 0.3) is 10.8 Å². The number of thioether (sulfide) groups is 1. The smallest absolute Gasteiger partial charge is 0.338 e. The van der Waals surface area contributed by atoms with Crippen molar-refractivity contribution in [3.63, 3.8) is 0 Å². The van der Waals surface area contributed by atoms with E-state index >= 15 is 0 Å². The summed E-state index contributed by atoms with van der Waals surface area (Å²) >= 11 is 2.17. The largest absolute Gasteiger partial charge is 0.462 e. The number of hydrogen-bond acceptors (Lipinski definition) is 9. The summed E-state index contributed by atoms with van der Waals surface area (Å²) in [5, 5.41) is 4.60. The lowest BCUT2D eigenvalue weighted by molar-refractivity contribution is -0.122. The number of esters is 1. The van der Waals surface area contributed by atoms with E-state index in [1.54, 1.807) is 19.1 Å². The Labute approximate surface area is 303 Å². The third-order valence-corrected chi connectivity index (χ3v) is 12.0. The van der Waals surface area contributed by atoms with Gasteiger partial charge in [0.25, 0.3) is 0 Å². The van der Waals surface area contributed by atoms with Crippen LogP contribution in [0.15, 0.2) is 101 Å². The lowest BCUT2D eigenvalue weighted by Crippen LogP contribution is -2.33. The first-order chi connectivity index (χ1) is 24.7. The molecule has 0 radical (unpaired) electrons. The summed E-state index contributed by atoms with van der Waals surface area (Å²) in [5.41, 5.74) is 3.09. The predicted molar refractivity (Wildman–Crippen MR) is 201 cm³/mol. The first-order valence-corrected chi connectivity index (χ1v) is 18.6. The van der Waals surface area contributed by atoms with Crippen molar-refractivity contribution < 1.29 is 23.9 Å². The molecule has 0 bridgehead atoms. The molecule has 3 heterocycles. The predicted octanol–water partition coefficient (Wildman–Crippen LogP) is 6.52. The summed E-state index contributed by atoms with van der Waals surface area (Å²) in [6.45, 7) is 7.51. The van der Waals surface area contributed by atoms with Crippen molar-refractivity contribution in [3.05, 3.63) is 117 Å². The van der Waals surface area contributed by atoms with Gasteiger partial charge < -0.3 is 15.0 Å². The average Bonchev–Trinajstić information content (AvgIpc) is 3.58. The molecule has 2 aliphatic heterocycles. The van der Waals surface area contributed by atoms with Crippen LogP contribution in [0, 0.1) is 5.92 Å². The van der Waals surface area contributed by atoms with E-state index in [-0.39, 0.29) is 29.8 Å². The zero-order valence-corrected chi connectivity index (χ0v) is 30.0. The summed E-state index contributed by atoms with van der Waals surface area (Å²) in [7, 11) is 0. The number of carbonyl (C=O) groups excluding carboxylic acids is 4. The minimum absolute atomic E-state index is 0.224. The molecule has 5 aromatic rings. The summed E-state index contributed by atoms with van der Waals surface area (Å²) in [6.07, 6.45) is 0. The molecule has 0 spiro atoms. The number of benzene rings is 4. The molecule has 12 heteroatoms. The van der Waals surface area contributed by atoms with Gasteiger partial charge in [0, 0.05) is 35.3 Å². The van der Waals surface area contributed by atoms with Crippen molar-refractivity contribution in [2.75, 3.05) is 34.8 Å². The first kappa shape index (κ1) is 34.3. The maximum atomic E-state index is 14.3. The maximum absolute atomic E-state index is 14.3. The van der Waals surface area contributed by atoms with Gasteiger partial charge in [0.1, 0.15) is 11.8 Å². The number of carbonyl (C=O) groups is 4. The molecule has 3 atom stereocenters. The molecule has 10 nitrogen and oxygen atoms in total. The second-order valence-corrected chi connectivity index (χ2v) is 14.4. The van der Waals surface area contributed by atoms with Crippen molar-refractivity contribution in [3.8, 4) is 0 Å². The van der Waals surface area contributed by atoms with Crippen LogP contribution < -0.4 is 20.0 Å². The number of nitrogens with zero attached hydrogens (tertiary/aromatic N) is 3. The Morgan fingerprint density at radius 1 is 0.843 bits per heavy atom. The number of imide groups is 1. The molecule has 1 fully saturated rings. The van der Waals surface area contributed by atoms with Crippen molar-refractivity contribution >= 4 is 74.6 Å². The number of aromatic nitrogens is 1. The van der Waals surface area contributed by atoms with Crippen LogP contribution in [0.2, 0.25) is 0 Å². The number of ether oxygens (including phenoxy) is 1. The Morgan fingerprint density at radius 2 is 1.55 bits per heavy atom. The molecule has 1 N–H and O–H groups in total. The highest BCUT2D eigenvalue weighted by atomic mass is 32.2. The summed E-state index contributed by atoms with van der Waals surface area (Å²) in [5.74, 6) is -3.07. The van der Waals surface area contributed by atoms with Gasteiger partial charge in [-0.25, -0.2) is 9.69 Å². The Morgan fingerprint density at radius 3 is 2.24 bits per heavy atom. The van der Waals surface area contributed by atoms with E-state index in [1.165, 1.54) is 21.6 Å². The Bertz CT molecular complexity index is 2210. The van der Waals surface area contributed by atoms with E-state index in [2.05, 4.69) is 24.1 Å². The monoisotopic (exact) mass is 720 g/mol. The highest BCUT2D eigenvalue weighted by Crippen LogP contribution is 2.54. The van der Waals surface area contributed by atoms with E-state index in [9.17, 15) is 24.0 Å². The van der Waals surface area contributed by atoms with Gasteiger partial charge in [0.2, 0.25) is 17.7 Å². The molecule has 7 rings (SSSR count). The molecule has 0 aliphatic carbocycles. The second-order valence-electron chi connectivity index (χ2n) is 12.3. The summed E-state index contributed by atoms with van der Waals surface area (Å²) in [6, 6.07) is 27.6. The quantitative estimate of drug-likeness (QED) is 0.128. The van der Waals surface area contributed by atoms with Crippen molar-refractivity contribution in [1.82, 2.24) is 4.57 Å². The minimum Gasteiger partial charge on any atom is -0.462 e. The molecule has 4 aromatic carbocycles. The Balaban J connectivity index is 1.24.